The summed E-state index contributed by atoms with van der Waals surface area (Å²) in [6.07, 6.45) is 3.97. The molecule has 2 atom stereocenters. The van der Waals surface area contributed by atoms with Crippen LogP contribution in [0.2, 0.25) is 0 Å². The number of allylic oxidation sites excluding steroid dienone is 2. The maximum atomic E-state index is 12.8. The first-order valence-electron chi connectivity index (χ1n) is 8.69. The van der Waals surface area contributed by atoms with Gasteiger partial charge >= 0.3 is 0 Å². The van der Waals surface area contributed by atoms with E-state index in [2.05, 4.69) is 49.2 Å². The van der Waals surface area contributed by atoms with Crippen LogP contribution in [-0.4, -0.2) is 20.7 Å². The van der Waals surface area contributed by atoms with Crippen LogP contribution in [0.5, 0.6) is 0 Å². The maximum Gasteiger partial charge on any atom is 0.229 e. The molecule has 2 aromatic heterocycles. The first kappa shape index (κ1) is 17.4. The van der Waals surface area contributed by atoms with Gasteiger partial charge in [-0.1, -0.05) is 31.6 Å². The van der Waals surface area contributed by atoms with Crippen molar-refractivity contribution in [2.45, 2.75) is 41.2 Å². The van der Waals surface area contributed by atoms with Crippen molar-refractivity contribution < 1.29 is 4.79 Å². The number of amides is 1. The highest BCUT2D eigenvalue weighted by Gasteiger charge is 2.60. The monoisotopic (exact) mass is 338 g/mol. The Morgan fingerprint density at radius 2 is 2.12 bits per heavy atom. The van der Waals surface area contributed by atoms with Crippen LogP contribution in [0.25, 0.3) is 0 Å². The van der Waals surface area contributed by atoms with E-state index in [-0.39, 0.29) is 17.2 Å². The number of pyridine rings is 1. The Bertz CT molecular complexity index is 800. The predicted octanol–water partition coefficient (Wildman–Crippen LogP) is 3.81. The number of anilines is 1. The van der Waals surface area contributed by atoms with Crippen molar-refractivity contribution in [3.8, 4) is 0 Å². The van der Waals surface area contributed by atoms with Crippen LogP contribution >= 0.6 is 0 Å². The molecule has 0 radical (unpaired) electrons. The normalized spacial score (nSPS) is 20.8. The lowest BCUT2D eigenvalue weighted by Crippen LogP contribution is -2.20. The average Bonchev–Trinajstić information content (AvgIpc) is 2.88. The molecular formula is C20H26N4O. The molecule has 2 aromatic rings. The molecule has 0 spiro atoms. The second-order valence-corrected chi connectivity index (χ2v) is 7.71. The number of hydrogen-bond donors (Lipinski definition) is 1. The quantitative estimate of drug-likeness (QED) is 0.843. The van der Waals surface area contributed by atoms with Crippen molar-refractivity contribution in [3.05, 3.63) is 53.5 Å². The van der Waals surface area contributed by atoms with E-state index in [1.54, 1.807) is 10.9 Å². The molecule has 0 aliphatic heterocycles. The smallest absolute Gasteiger partial charge is 0.229 e. The third kappa shape index (κ3) is 3.65. The number of rotatable bonds is 5. The Morgan fingerprint density at radius 3 is 2.76 bits per heavy atom. The molecule has 0 bridgehead atoms. The SMILES string of the molecule is CC(C)=C[C@H]1[C@H](C(=O)Nc2cc(C)nn2Cc2ccccn2)C1(C)C. The van der Waals surface area contributed by atoms with Crippen LogP contribution < -0.4 is 5.32 Å². The predicted molar refractivity (Wildman–Crippen MR) is 99.1 cm³/mol. The first-order chi connectivity index (χ1) is 11.8. The molecule has 5 nitrogen and oxygen atoms in total. The Labute approximate surface area is 149 Å². The van der Waals surface area contributed by atoms with Gasteiger partial charge in [-0.3, -0.25) is 9.78 Å². The molecule has 1 aliphatic rings. The van der Waals surface area contributed by atoms with Crippen molar-refractivity contribution in [1.82, 2.24) is 14.8 Å². The molecule has 0 unspecified atom stereocenters. The summed E-state index contributed by atoms with van der Waals surface area (Å²) in [6.45, 7) is 10.9. The second-order valence-electron chi connectivity index (χ2n) is 7.71. The molecule has 1 N–H and O–H groups in total. The third-order valence-corrected chi connectivity index (χ3v) is 4.90. The Hall–Kier alpha value is -2.43. The van der Waals surface area contributed by atoms with E-state index in [0.29, 0.717) is 12.5 Å². The number of carbonyl (C=O) groups is 1. The Morgan fingerprint density at radius 1 is 1.36 bits per heavy atom. The Kier molecular flexibility index (Phi) is 4.50. The third-order valence-electron chi connectivity index (χ3n) is 4.90. The molecule has 5 heteroatoms. The summed E-state index contributed by atoms with van der Waals surface area (Å²) < 4.78 is 1.81. The molecule has 1 amide bonds. The van der Waals surface area contributed by atoms with Gasteiger partial charge in [0.1, 0.15) is 5.82 Å². The van der Waals surface area contributed by atoms with E-state index in [1.165, 1.54) is 5.57 Å². The summed E-state index contributed by atoms with van der Waals surface area (Å²) in [4.78, 5) is 17.1. The summed E-state index contributed by atoms with van der Waals surface area (Å²) in [5.74, 6) is 1.09. The summed E-state index contributed by atoms with van der Waals surface area (Å²) >= 11 is 0. The fourth-order valence-electron chi connectivity index (χ4n) is 3.46. The van der Waals surface area contributed by atoms with Crippen LogP contribution in [0.1, 0.15) is 39.1 Å². The number of nitrogens with zero attached hydrogens (tertiary/aromatic N) is 3. The van der Waals surface area contributed by atoms with Gasteiger partial charge in [0.25, 0.3) is 0 Å². The summed E-state index contributed by atoms with van der Waals surface area (Å²) in [5, 5.41) is 7.57. The van der Waals surface area contributed by atoms with E-state index < -0.39 is 0 Å². The van der Waals surface area contributed by atoms with Crippen LogP contribution in [0, 0.1) is 24.2 Å². The molecule has 0 aromatic carbocycles. The second kappa shape index (κ2) is 6.47. The number of aromatic nitrogens is 3. The van der Waals surface area contributed by atoms with Crippen LogP contribution in [0.4, 0.5) is 5.82 Å². The minimum absolute atomic E-state index is 0.000839. The summed E-state index contributed by atoms with van der Waals surface area (Å²) in [7, 11) is 0. The van der Waals surface area contributed by atoms with E-state index in [9.17, 15) is 4.79 Å². The van der Waals surface area contributed by atoms with E-state index in [1.807, 2.05) is 31.2 Å². The van der Waals surface area contributed by atoms with Crippen molar-refractivity contribution in [3.63, 3.8) is 0 Å². The number of hydrogen-bond acceptors (Lipinski definition) is 3. The minimum Gasteiger partial charge on any atom is -0.311 e. The molecule has 132 valence electrons. The molecule has 1 fully saturated rings. The van der Waals surface area contributed by atoms with Crippen molar-refractivity contribution in [1.29, 1.82) is 0 Å². The van der Waals surface area contributed by atoms with Gasteiger partial charge in [-0.15, -0.1) is 0 Å². The van der Waals surface area contributed by atoms with Gasteiger partial charge in [-0.05, 0) is 44.2 Å². The lowest BCUT2D eigenvalue weighted by Gasteiger charge is -2.09. The largest absolute Gasteiger partial charge is 0.311 e. The fraction of sp³-hybridized carbons (Fsp3) is 0.450. The Balaban J connectivity index is 1.75. The van der Waals surface area contributed by atoms with Crippen LogP contribution in [-0.2, 0) is 11.3 Å². The highest BCUT2D eigenvalue weighted by atomic mass is 16.2. The lowest BCUT2D eigenvalue weighted by molar-refractivity contribution is -0.118. The van der Waals surface area contributed by atoms with Crippen molar-refractivity contribution in [2.24, 2.45) is 17.3 Å². The van der Waals surface area contributed by atoms with Gasteiger partial charge in [0.15, 0.2) is 0 Å². The van der Waals surface area contributed by atoms with Crippen molar-refractivity contribution in [2.75, 3.05) is 5.32 Å². The zero-order valence-corrected chi connectivity index (χ0v) is 15.6. The molecular weight excluding hydrogens is 312 g/mol. The van der Waals surface area contributed by atoms with Gasteiger partial charge in [0, 0.05) is 12.3 Å². The number of nitrogens with one attached hydrogen (secondary N) is 1. The average molecular weight is 338 g/mol. The number of aryl methyl sites for hydroxylation is 1. The fourth-order valence-corrected chi connectivity index (χ4v) is 3.46. The number of carbonyl (C=O) groups excluding carboxylic acids is 1. The summed E-state index contributed by atoms with van der Waals surface area (Å²) in [5.41, 5.74) is 3.05. The standard InChI is InChI=1S/C20H26N4O/c1-13(2)10-16-18(20(16,4)5)19(25)22-17-11-14(3)23-24(17)12-15-8-6-7-9-21-15/h6-11,16,18H,12H2,1-5H3,(H,22,25)/t16-,18+/m0/s1. The molecule has 2 heterocycles. The lowest BCUT2D eigenvalue weighted by atomic mass is 10.1. The first-order valence-corrected chi connectivity index (χ1v) is 8.69. The maximum absolute atomic E-state index is 12.8. The van der Waals surface area contributed by atoms with Gasteiger partial charge in [-0.2, -0.15) is 5.10 Å². The molecule has 3 rings (SSSR count). The van der Waals surface area contributed by atoms with E-state index >= 15 is 0 Å². The zero-order valence-electron chi connectivity index (χ0n) is 15.6. The molecule has 1 saturated carbocycles. The summed E-state index contributed by atoms with van der Waals surface area (Å²) in [6, 6.07) is 7.70. The van der Waals surface area contributed by atoms with Gasteiger partial charge in [-0.25, -0.2) is 4.68 Å². The van der Waals surface area contributed by atoms with E-state index in [0.717, 1.165) is 17.2 Å². The molecule has 1 aliphatic carbocycles. The van der Waals surface area contributed by atoms with Crippen molar-refractivity contribution >= 4 is 11.7 Å². The topological polar surface area (TPSA) is 59.8 Å². The van der Waals surface area contributed by atoms with Gasteiger partial charge in [0.2, 0.25) is 5.91 Å². The highest BCUT2D eigenvalue weighted by Crippen LogP contribution is 2.59. The molecule has 25 heavy (non-hydrogen) atoms. The molecule has 0 saturated heterocycles. The van der Waals surface area contributed by atoms with Gasteiger partial charge < -0.3 is 5.32 Å². The van der Waals surface area contributed by atoms with E-state index in [4.69, 9.17) is 0 Å². The minimum atomic E-state index is 0.000839. The van der Waals surface area contributed by atoms with Crippen LogP contribution in [0.3, 0.4) is 0 Å². The van der Waals surface area contributed by atoms with Gasteiger partial charge in [0.05, 0.1) is 23.9 Å². The van der Waals surface area contributed by atoms with Crippen LogP contribution in [0.15, 0.2) is 42.1 Å². The zero-order chi connectivity index (χ0) is 18.2. The highest BCUT2D eigenvalue weighted by molar-refractivity contribution is 5.95.